The van der Waals surface area contributed by atoms with Gasteiger partial charge in [-0.05, 0) is 30.2 Å². The van der Waals surface area contributed by atoms with Crippen molar-refractivity contribution < 1.29 is 9.72 Å². The van der Waals surface area contributed by atoms with Crippen molar-refractivity contribution in [2.45, 2.75) is 12.8 Å². The fourth-order valence-corrected chi connectivity index (χ4v) is 2.56. The van der Waals surface area contributed by atoms with E-state index in [-0.39, 0.29) is 11.6 Å². The van der Waals surface area contributed by atoms with Crippen molar-refractivity contribution in [3.63, 3.8) is 0 Å². The van der Waals surface area contributed by atoms with E-state index in [9.17, 15) is 14.9 Å². The maximum absolute atomic E-state index is 11.8. The number of imidazole rings is 1. The SMILES string of the molecule is O=C(/C=C/c1cccc([N+](=O)[O-])c1)NCCCc1nc2ccccc2[nH]1. The van der Waals surface area contributed by atoms with E-state index in [0.717, 1.165) is 29.7 Å². The van der Waals surface area contributed by atoms with Gasteiger partial charge in [0.25, 0.3) is 5.69 Å². The third-order valence-corrected chi connectivity index (χ3v) is 3.84. The van der Waals surface area contributed by atoms with Gasteiger partial charge in [0.2, 0.25) is 5.91 Å². The predicted molar refractivity (Wildman–Crippen MR) is 99.6 cm³/mol. The average Bonchev–Trinajstić information content (AvgIpc) is 3.06. The van der Waals surface area contributed by atoms with E-state index in [0.29, 0.717) is 12.1 Å². The summed E-state index contributed by atoms with van der Waals surface area (Å²) in [5, 5.41) is 13.5. The molecule has 2 N–H and O–H groups in total. The van der Waals surface area contributed by atoms with Crippen LogP contribution in [0.3, 0.4) is 0 Å². The van der Waals surface area contributed by atoms with E-state index < -0.39 is 4.92 Å². The Labute approximate surface area is 149 Å². The largest absolute Gasteiger partial charge is 0.353 e. The molecule has 0 saturated heterocycles. The van der Waals surface area contributed by atoms with Crippen LogP contribution < -0.4 is 5.32 Å². The highest BCUT2D eigenvalue weighted by Gasteiger charge is 2.04. The van der Waals surface area contributed by atoms with Crippen molar-refractivity contribution >= 4 is 28.7 Å². The van der Waals surface area contributed by atoms with Gasteiger partial charge >= 0.3 is 0 Å². The highest BCUT2D eigenvalue weighted by Crippen LogP contribution is 2.14. The van der Waals surface area contributed by atoms with Gasteiger partial charge in [0.15, 0.2) is 0 Å². The minimum Gasteiger partial charge on any atom is -0.353 e. The molecule has 7 nitrogen and oxygen atoms in total. The van der Waals surface area contributed by atoms with Crippen LogP contribution >= 0.6 is 0 Å². The van der Waals surface area contributed by atoms with E-state index in [2.05, 4.69) is 15.3 Å². The Morgan fingerprint density at radius 1 is 1.23 bits per heavy atom. The van der Waals surface area contributed by atoms with Crippen LogP contribution in [0.5, 0.6) is 0 Å². The van der Waals surface area contributed by atoms with Crippen LogP contribution in [0.4, 0.5) is 5.69 Å². The number of H-pyrrole nitrogens is 1. The van der Waals surface area contributed by atoms with Crippen LogP contribution in [-0.4, -0.2) is 27.3 Å². The Hall–Kier alpha value is -3.48. The number of hydrogen-bond donors (Lipinski definition) is 2. The van der Waals surface area contributed by atoms with Crippen LogP contribution in [0.1, 0.15) is 17.8 Å². The standard InChI is InChI=1S/C19H18N4O3/c24-19(11-10-14-5-3-6-15(13-14)23(25)26)20-12-4-9-18-21-16-7-1-2-8-17(16)22-18/h1-3,5-8,10-11,13H,4,9,12H2,(H,20,24)(H,21,22)/b11-10+. The maximum atomic E-state index is 11.8. The number of amides is 1. The molecule has 0 aliphatic carbocycles. The Kier molecular flexibility index (Phi) is 5.38. The third-order valence-electron chi connectivity index (χ3n) is 3.84. The number of aromatic amines is 1. The van der Waals surface area contributed by atoms with E-state index in [1.165, 1.54) is 18.2 Å². The summed E-state index contributed by atoms with van der Waals surface area (Å²) in [5.41, 5.74) is 2.55. The first-order valence-electron chi connectivity index (χ1n) is 8.26. The molecule has 0 radical (unpaired) electrons. The molecule has 1 aromatic heterocycles. The zero-order valence-corrected chi connectivity index (χ0v) is 14.0. The maximum Gasteiger partial charge on any atom is 0.270 e. The lowest BCUT2D eigenvalue weighted by molar-refractivity contribution is -0.384. The molecule has 0 atom stereocenters. The number of nitrogens with zero attached hydrogens (tertiary/aromatic N) is 2. The molecule has 0 aliphatic heterocycles. The van der Waals surface area contributed by atoms with Gasteiger partial charge in [-0.25, -0.2) is 4.98 Å². The molecule has 1 heterocycles. The number of nitro benzene ring substituents is 1. The molecule has 0 fully saturated rings. The molecule has 0 unspecified atom stereocenters. The number of non-ortho nitro benzene ring substituents is 1. The molecule has 1 amide bonds. The second kappa shape index (κ2) is 8.06. The van der Waals surface area contributed by atoms with E-state index in [1.807, 2.05) is 24.3 Å². The molecule has 0 saturated carbocycles. The average molecular weight is 350 g/mol. The van der Waals surface area contributed by atoms with Crippen molar-refractivity contribution in [3.05, 3.63) is 76.1 Å². The fraction of sp³-hybridized carbons (Fsp3) is 0.158. The van der Waals surface area contributed by atoms with Gasteiger partial charge in [-0.3, -0.25) is 14.9 Å². The number of nitro groups is 1. The minimum atomic E-state index is -0.463. The molecule has 7 heteroatoms. The summed E-state index contributed by atoms with van der Waals surface area (Å²) < 4.78 is 0. The van der Waals surface area contributed by atoms with Gasteiger partial charge in [-0.15, -0.1) is 0 Å². The van der Waals surface area contributed by atoms with Crippen LogP contribution in [0.15, 0.2) is 54.6 Å². The molecule has 26 heavy (non-hydrogen) atoms. The van der Waals surface area contributed by atoms with Gasteiger partial charge in [0.05, 0.1) is 16.0 Å². The molecule has 0 spiro atoms. The Bertz CT molecular complexity index is 929. The molecular formula is C19H18N4O3. The van der Waals surface area contributed by atoms with E-state index in [1.54, 1.807) is 18.2 Å². The number of rotatable bonds is 7. The topological polar surface area (TPSA) is 101 Å². The van der Waals surface area contributed by atoms with Crippen molar-refractivity contribution in [3.8, 4) is 0 Å². The number of fused-ring (bicyclic) bond motifs is 1. The zero-order chi connectivity index (χ0) is 18.4. The summed E-state index contributed by atoms with van der Waals surface area (Å²) in [4.78, 5) is 29.8. The summed E-state index contributed by atoms with van der Waals surface area (Å²) in [6.45, 7) is 0.523. The number of carbonyl (C=O) groups excluding carboxylic acids is 1. The lowest BCUT2D eigenvalue weighted by atomic mass is 10.2. The Balaban J connectivity index is 1.45. The molecule has 0 bridgehead atoms. The lowest BCUT2D eigenvalue weighted by Crippen LogP contribution is -2.22. The molecule has 2 aromatic carbocycles. The number of carbonyl (C=O) groups is 1. The van der Waals surface area contributed by atoms with Crippen molar-refractivity contribution in [1.29, 1.82) is 0 Å². The second-order valence-electron chi connectivity index (χ2n) is 5.78. The van der Waals surface area contributed by atoms with Gasteiger partial charge in [0.1, 0.15) is 5.82 Å². The Morgan fingerprint density at radius 3 is 2.88 bits per heavy atom. The number of para-hydroxylation sites is 2. The van der Waals surface area contributed by atoms with E-state index in [4.69, 9.17) is 0 Å². The summed E-state index contributed by atoms with van der Waals surface area (Å²) >= 11 is 0. The lowest BCUT2D eigenvalue weighted by Gasteiger charge is -2.01. The summed E-state index contributed by atoms with van der Waals surface area (Å²) in [6, 6.07) is 14.0. The van der Waals surface area contributed by atoms with Gasteiger partial charge in [-0.2, -0.15) is 0 Å². The van der Waals surface area contributed by atoms with Crippen molar-refractivity contribution in [2.24, 2.45) is 0 Å². The highest BCUT2D eigenvalue weighted by atomic mass is 16.6. The van der Waals surface area contributed by atoms with Gasteiger partial charge in [-0.1, -0.05) is 24.3 Å². The molecule has 132 valence electrons. The van der Waals surface area contributed by atoms with E-state index >= 15 is 0 Å². The second-order valence-corrected chi connectivity index (χ2v) is 5.78. The number of benzene rings is 2. The molecular weight excluding hydrogens is 332 g/mol. The van der Waals surface area contributed by atoms with Crippen LogP contribution in [0, 0.1) is 10.1 Å². The smallest absolute Gasteiger partial charge is 0.270 e. The number of hydrogen-bond acceptors (Lipinski definition) is 4. The minimum absolute atomic E-state index is 0.00149. The molecule has 3 aromatic rings. The van der Waals surface area contributed by atoms with Crippen LogP contribution in [0.2, 0.25) is 0 Å². The summed E-state index contributed by atoms with van der Waals surface area (Å²) in [5.74, 6) is 0.661. The Morgan fingerprint density at radius 2 is 2.08 bits per heavy atom. The first-order chi connectivity index (χ1) is 12.6. The van der Waals surface area contributed by atoms with Gasteiger partial charge < -0.3 is 10.3 Å². The van der Waals surface area contributed by atoms with Gasteiger partial charge in [0, 0.05) is 31.2 Å². The summed E-state index contributed by atoms with van der Waals surface area (Å²) in [6.07, 6.45) is 4.43. The first kappa shape index (κ1) is 17.3. The fourth-order valence-electron chi connectivity index (χ4n) is 2.56. The summed E-state index contributed by atoms with van der Waals surface area (Å²) in [7, 11) is 0. The predicted octanol–water partition coefficient (Wildman–Crippen LogP) is 3.23. The third kappa shape index (κ3) is 4.54. The molecule has 3 rings (SSSR count). The first-order valence-corrected chi connectivity index (χ1v) is 8.26. The van der Waals surface area contributed by atoms with Crippen molar-refractivity contribution in [1.82, 2.24) is 15.3 Å². The van der Waals surface area contributed by atoms with Crippen LogP contribution in [0.25, 0.3) is 17.1 Å². The quantitative estimate of drug-likeness (QED) is 0.296. The number of aryl methyl sites for hydroxylation is 1. The van der Waals surface area contributed by atoms with Crippen molar-refractivity contribution in [2.75, 3.05) is 6.54 Å². The monoisotopic (exact) mass is 350 g/mol. The normalized spacial score (nSPS) is 11.1. The number of nitrogens with one attached hydrogen (secondary N) is 2. The zero-order valence-electron chi connectivity index (χ0n) is 14.0. The number of aromatic nitrogens is 2. The highest BCUT2D eigenvalue weighted by molar-refractivity contribution is 5.91. The molecule has 0 aliphatic rings. The van der Waals surface area contributed by atoms with Crippen LogP contribution in [-0.2, 0) is 11.2 Å².